The molecule has 0 saturated heterocycles. The van der Waals surface area contributed by atoms with Gasteiger partial charge in [0.25, 0.3) is 0 Å². The van der Waals surface area contributed by atoms with E-state index in [1.807, 2.05) is 0 Å². The van der Waals surface area contributed by atoms with Gasteiger partial charge in [-0.15, -0.1) is 0 Å². The Labute approximate surface area is 399 Å². The SMILES string of the molecule is CC/C=C\C/C=C\C/C=C\CCCCCC(=O)OCC(COP(=O)(O)OCC(CO)OC(=O)CCCCC/C=C\C/C=C\C/C=C\CC)OC(=O)CCCCC/C=C\C/C=C\C/C=C\CC. The highest BCUT2D eigenvalue weighted by atomic mass is 31.2. The number of unbranched alkanes of at least 4 members (excludes halogenated alkanes) is 9. The Morgan fingerprint density at radius 3 is 1.11 bits per heavy atom. The fraction of sp³-hybridized carbons (Fsp3) is 0.611. The van der Waals surface area contributed by atoms with Crippen molar-refractivity contribution >= 4 is 25.7 Å². The molecule has 2 N–H and O–H groups in total. The van der Waals surface area contributed by atoms with Crippen LogP contribution in [0, 0.1) is 0 Å². The topological polar surface area (TPSA) is 155 Å². The summed E-state index contributed by atoms with van der Waals surface area (Å²) in [6, 6.07) is 0. The van der Waals surface area contributed by atoms with Gasteiger partial charge in [-0.3, -0.25) is 23.4 Å². The second-order valence-electron chi connectivity index (χ2n) is 15.8. The number of aliphatic hydroxyl groups is 1. The Balaban J connectivity index is 4.87. The normalized spacial score (nSPS) is 14.4. The van der Waals surface area contributed by atoms with Crippen LogP contribution in [0.25, 0.3) is 0 Å². The zero-order chi connectivity index (χ0) is 48.4. The van der Waals surface area contributed by atoms with Crippen LogP contribution in [0.5, 0.6) is 0 Å². The number of phosphoric ester groups is 1. The average Bonchev–Trinajstić information content (AvgIpc) is 3.30. The molecule has 0 spiro atoms. The van der Waals surface area contributed by atoms with Crippen molar-refractivity contribution in [2.24, 2.45) is 0 Å². The fourth-order valence-corrected chi connectivity index (χ4v) is 6.77. The van der Waals surface area contributed by atoms with Crippen LogP contribution in [-0.4, -0.2) is 66.5 Å². The van der Waals surface area contributed by atoms with E-state index in [1.165, 1.54) is 0 Å². The van der Waals surface area contributed by atoms with Gasteiger partial charge in [0.1, 0.15) is 12.7 Å². The molecule has 0 aromatic carbocycles. The number of esters is 3. The maximum absolute atomic E-state index is 12.8. The first-order valence-corrected chi connectivity index (χ1v) is 26.3. The Morgan fingerprint density at radius 1 is 0.424 bits per heavy atom. The molecule has 0 saturated carbocycles. The largest absolute Gasteiger partial charge is 0.472 e. The van der Waals surface area contributed by atoms with E-state index >= 15 is 0 Å². The third kappa shape index (κ3) is 45.3. The van der Waals surface area contributed by atoms with Crippen molar-refractivity contribution in [2.45, 2.75) is 187 Å². The molecule has 0 aromatic rings. The molecule has 0 bridgehead atoms. The molecular weight excluding hydrogens is 856 g/mol. The van der Waals surface area contributed by atoms with Crippen LogP contribution in [0.15, 0.2) is 109 Å². The van der Waals surface area contributed by atoms with Gasteiger partial charge in [0.2, 0.25) is 0 Å². The molecule has 11 nitrogen and oxygen atoms in total. The lowest BCUT2D eigenvalue weighted by atomic mass is 10.1. The van der Waals surface area contributed by atoms with E-state index in [0.29, 0.717) is 19.3 Å². The van der Waals surface area contributed by atoms with Crippen molar-refractivity contribution < 1.29 is 52.2 Å². The Kier molecular flexibility index (Phi) is 44.8. The van der Waals surface area contributed by atoms with Crippen molar-refractivity contribution in [2.75, 3.05) is 26.4 Å². The lowest BCUT2D eigenvalue weighted by Gasteiger charge is -2.21. The van der Waals surface area contributed by atoms with Crippen LogP contribution in [0.3, 0.4) is 0 Å². The smallest absolute Gasteiger partial charge is 0.462 e. The standard InChI is InChI=1S/C54H87O11P/c1-4-7-10-13-16-19-22-25-28-31-34-37-40-43-52(56)61-47-51(65-54(58)45-42-39-36-33-30-27-24-21-18-15-12-9-6-3)49-63-66(59,60)62-48-50(46-55)64-53(57)44-41-38-35-32-29-26-23-20-17-14-11-8-5-2/h7-12,16-21,25-30,50-51,55H,4-6,13-15,22-24,31-49H2,1-3H3,(H,59,60)/b10-7-,11-8-,12-9-,19-16-,20-17-,21-18-,28-25-,29-26-,30-27-. The highest BCUT2D eigenvalue weighted by molar-refractivity contribution is 7.47. The van der Waals surface area contributed by atoms with Crippen LogP contribution >= 0.6 is 7.82 Å². The molecule has 0 amide bonds. The van der Waals surface area contributed by atoms with Crippen molar-refractivity contribution in [3.05, 3.63) is 109 Å². The summed E-state index contributed by atoms with van der Waals surface area (Å²) in [4.78, 5) is 48.2. The predicted molar refractivity (Wildman–Crippen MR) is 270 cm³/mol. The quantitative estimate of drug-likeness (QED) is 0.0197. The number of hydrogen-bond acceptors (Lipinski definition) is 10. The molecular formula is C54H87O11P. The first-order valence-electron chi connectivity index (χ1n) is 24.8. The van der Waals surface area contributed by atoms with Crippen LogP contribution in [0.1, 0.15) is 175 Å². The second-order valence-corrected chi connectivity index (χ2v) is 17.3. The molecule has 0 rings (SSSR count). The summed E-state index contributed by atoms with van der Waals surface area (Å²) < 4.78 is 39.2. The third-order valence-corrected chi connectivity index (χ3v) is 10.6. The van der Waals surface area contributed by atoms with Crippen LogP contribution in [-0.2, 0) is 42.2 Å². The molecule has 12 heteroatoms. The number of ether oxygens (including phenoxy) is 3. The summed E-state index contributed by atoms with van der Waals surface area (Å²) in [5, 5.41) is 9.75. The number of phosphoric acid groups is 1. The molecule has 0 aliphatic rings. The van der Waals surface area contributed by atoms with Gasteiger partial charge in [0, 0.05) is 19.3 Å². The highest BCUT2D eigenvalue weighted by Crippen LogP contribution is 2.43. The van der Waals surface area contributed by atoms with E-state index in [4.69, 9.17) is 23.3 Å². The maximum atomic E-state index is 12.8. The lowest BCUT2D eigenvalue weighted by molar-refractivity contribution is -0.161. The van der Waals surface area contributed by atoms with Crippen molar-refractivity contribution in [1.82, 2.24) is 0 Å². The molecule has 0 radical (unpaired) electrons. The lowest BCUT2D eigenvalue weighted by Crippen LogP contribution is -2.30. The number of carbonyl (C=O) groups excluding carboxylic acids is 3. The zero-order valence-electron chi connectivity index (χ0n) is 40.9. The second kappa shape index (κ2) is 47.6. The van der Waals surface area contributed by atoms with E-state index in [2.05, 4.69) is 130 Å². The molecule has 0 aromatic heterocycles. The first-order chi connectivity index (χ1) is 32.2. The van der Waals surface area contributed by atoms with Crippen LogP contribution < -0.4 is 0 Å². The minimum Gasteiger partial charge on any atom is -0.462 e. The van der Waals surface area contributed by atoms with E-state index < -0.39 is 57.8 Å². The van der Waals surface area contributed by atoms with Gasteiger partial charge >= 0.3 is 25.7 Å². The zero-order valence-corrected chi connectivity index (χ0v) is 41.8. The van der Waals surface area contributed by atoms with E-state index in [9.17, 15) is 28.9 Å². The maximum Gasteiger partial charge on any atom is 0.472 e. The summed E-state index contributed by atoms with van der Waals surface area (Å²) >= 11 is 0. The van der Waals surface area contributed by atoms with E-state index in [1.54, 1.807) is 0 Å². The summed E-state index contributed by atoms with van der Waals surface area (Å²) in [5.41, 5.74) is 0. The number of aliphatic hydroxyl groups excluding tert-OH is 1. The minimum absolute atomic E-state index is 0.118. The van der Waals surface area contributed by atoms with Gasteiger partial charge in [-0.1, -0.05) is 149 Å². The van der Waals surface area contributed by atoms with E-state index in [0.717, 1.165) is 116 Å². The van der Waals surface area contributed by atoms with Crippen molar-refractivity contribution in [3.8, 4) is 0 Å². The van der Waals surface area contributed by atoms with Gasteiger partial charge in [0.05, 0.1) is 19.8 Å². The molecule has 0 aliphatic carbocycles. The molecule has 66 heavy (non-hydrogen) atoms. The predicted octanol–water partition coefficient (Wildman–Crippen LogP) is 13.9. The van der Waals surface area contributed by atoms with Gasteiger partial charge in [-0.25, -0.2) is 4.57 Å². The molecule has 3 unspecified atom stereocenters. The monoisotopic (exact) mass is 943 g/mol. The molecule has 0 aliphatic heterocycles. The van der Waals surface area contributed by atoms with Crippen LogP contribution in [0.4, 0.5) is 0 Å². The molecule has 374 valence electrons. The van der Waals surface area contributed by atoms with Gasteiger partial charge in [-0.2, -0.15) is 0 Å². The summed E-state index contributed by atoms with van der Waals surface area (Å²) in [5.74, 6) is -1.58. The minimum atomic E-state index is -4.77. The number of rotatable bonds is 44. The Bertz CT molecular complexity index is 1520. The fourth-order valence-electron chi connectivity index (χ4n) is 5.98. The van der Waals surface area contributed by atoms with Gasteiger partial charge in [0.15, 0.2) is 6.10 Å². The number of hydrogen-bond donors (Lipinski definition) is 2. The average molecular weight is 943 g/mol. The van der Waals surface area contributed by atoms with Crippen molar-refractivity contribution in [3.63, 3.8) is 0 Å². The molecule has 0 heterocycles. The first kappa shape index (κ1) is 62.1. The van der Waals surface area contributed by atoms with Crippen molar-refractivity contribution in [1.29, 1.82) is 0 Å². The highest BCUT2D eigenvalue weighted by Gasteiger charge is 2.28. The Morgan fingerprint density at radius 2 is 0.742 bits per heavy atom. The van der Waals surface area contributed by atoms with Crippen LogP contribution in [0.2, 0.25) is 0 Å². The number of allylic oxidation sites excluding steroid dienone is 18. The summed E-state index contributed by atoms with van der Waals surface area (Å²) in [6.45, 7) is 4.15. The summed E-state index contributed by atoms with van der Waals surface area (Å²) in [6.07, 6.45) is 55.0. The third-order valence-electron chi connectivity index (χ3n) is 9.67. The number of carbonyl (C=O) groups is 3. The summed E-state index contributed by atoms with van der Waals surface area (Å²) in [7, 11) is -4.77. The molecule has 3 atom stereocenters. The Hall–Kier alpha value is -3.86. The molecule has 0 fully saturated rings. The van der Waals surface area contributed by atoms with E-state index in [-0.39, 0.29) is 25.9 Å². The van der Waals surface area contributed by atoms with Gasteiger partial charge in [-0.05, 0) is 116 Å². The van der Waals surface area contributed by atoms with Gasteiger partial charge < -0.3 is 24.2 Å².